The van der Waals surface area contributed by atoms with Crippen molar-refractivity contribution in [2.75, 3.05) is 14.2 Å². The normalized spacial score (nSPS) is 11.7. The van der Waals surface area contributed by atoms with Gasteiger partial charge in [-0.3, -0.25) is 14.9 Å². The Morgan fingerprint density at radius 2 is 1.96 bits per heavy atom. The summed E-state index contributed by atoms with van der Waals surface area (Å²) in [5.74, 6) is -0.940. The standard InChI is InChI=1S/C15H20N2O6/c1-9(2)7-11(15(19)23-4)16-14(18)10-5-6-13(22-3)12(8-10)17(20)21/h5-6,8-9,11H,7H2,1-4H3,(H,16,18)/t11-/m0/s1. The SMILES string of the molecule is COC(=O)[C@H](CC(C)C)NC(=O)c1ccc(OC)c([N+](=O)[O-])c1. The van der Waals surface area contributed by atoms with Crippen LogP contribution < -0.4 is 10.1 Å². The molecule has 8 nitrogen and oxygen atoms in total. The lowest BCUT2D eigenvalue weighted by Gasteiger charge is -2.18. The van der Waals surface area contributed by atoms with Crippen LogP contribution in [0.25, 0.3) is 0 Å². The van der Waals surface area contributed by atoms with Crippen molar-refractivity contribution in [2.24, 2.45) is 5.92 Å². The molecule has 0 saturated carbocycles. The third-order valence-corrected chi connectivity index (χ3v) is 3.14. The van der Waals surface area contributed by atoms with E-state index in [2.05, 4.69) is 10.1 Å². The van der Waals surface area contributed by atoms with Crippen LogP contribution in [0.2, 0.25) is 0 Å². The van der Waals surface area contributed by atoms with Gasteiger partial charge in [0, 0.05) is 11.6 Å². The van der Waals surface area contributed by atoms with Crippen molar-refractivity contribution in [1.82, 2.24) is 5.32 Å². The summed E-state index contributed by atoms with van der Waals surface area (Å²) in [6.07, 6.45) is 0.399. The number of carbonyl (C=O) groups is 2. The Morgan fingerprint density at radius 1 is 1.30 bits per heavy atom. The van der Waals surface area contributed by atoms with Gasteiger partial charge in [0.2, 0.25) is 0 Å². The van der Waals surface area contributed by atoms with Gasteiger partial charge in [-0.25, -0.2) is 4.79 Å². The van der Waals surface area contributed by atoms with Gasteiger partial charge in [0.1, 0.15) is 6.04 Å². The maximum absolute atomic E-state index is 12.2. The van der Waals surface area contributed by atoms with E-state index >= 15 is 0 Å². The minimum absolute atomic E-state index is 0.0539. The van der Waals surface area contributed by atoms with Crippen molar-refractivity contribution < 1.29 is 24.0 Å². The lowest BCUT2D eigenvalue weighted by molar-refractivity contribution is -0.385. The van der Waals surface area contributed by atoms with E-state index in [1.165, 1.54) is 26.4 Å². The molecule has 0 aromatic heterocycles. The van der Waals surface area contributed by atoms with Crippen molar-refractivity contribution in [3.05, 3.63) is 33.9 Å². The highest BCUT2D eigenvalue weighted by Crippen LogP contribution is 2.27. The highest BCUT2D eigenvalue weighted by Gasteiger charge is 2.25. The first-order chi connectivity index (χ1) is 10.8. The molecule has 0 radical (unpaired) electrons. The van der Waals surface area contributed by atoms with Gasteiger partial charge >= 0.3 is 11.7 Å². The van der Waals surface area contributed by atoms with Crippen LogP contribution in [0.3, 0.4) is 0 Å². The highest BCUT2D eigenvalue weighted by atomic mass is 16.6. The number of benzene rings is 1. The minimum atomic E-state index is -0.811. The summed E-state index contributed by atoms with van der Waals surface area (Å²) in [6, 6.07) is 3.03. The number of esters is 1. The highest BCUT2D eigenvalue weighted by molar-refractivity contribution is 5.97. The molecule has 23 heavy (non-hydrogen) atoms. The number of amides is 1. The summed E-state index contributed by atoms with van der Waals surface area (Å²) in [6.45, 7) is 3.81. The summed E-state index contributed by atoms with van der Waals surface area (Å²) in [7, 11) is 2.54. The minimum Gasteiger partial charge on any atom is -0.490 e. The molecule has 1 atom stereocenters. The second-order valence-electron chi connectivity index (χ2n) is 5.32. The van der Waals surface area contributed by atoms with Crippen molar-refractivity contribution >= 4 is 17.6 Å². The summed E-state index contributed by atoms with van der Waals surface area (Å²) in [5, 5.41) is 13.5. The molecule has 1 rings (SSSR count). The molecule has 0 unspecified atom stereocenters. The van der Waals surface area contributed by atoms with Gasteiger partial charge in [0.15, 0.2) is 5.75 Å². The smallest absolute Gasteiger partial charge is 0.328 e. The van der Waals surface area contributed by atoms with Gasteiger partial charge in [-0.15, -0.1) is 0 Å². The van der Waals surface area contributed by atoms with E-state index in [4.69, 9.17) is 4.74 Å². The lowest BCUT2D eigenvalue weighted by atomic mass is 10.0. The van der Waals surface area contributed by atoms with E-state index < -0.39 is 22.8 Å². The fourth-order valence-electron chi connectivity index (χ4n) is 2.04. The first kappa shape index (κ1) is 18.4. The molecule has 0 saturated heterocycles. The van der Waals surface area contributed by atoms with Crippen molar-refractivity contribution in [1.29, 1.82) is 0 Å². The molecule has 1 aromatic carbocycles. The van der Waals surface area contributed by atoms with E-state index in [1.54, 1.807) is 0 Å². The zero-order chi connectivity index (χ0) is 17.6. The fraction of sp³-hybridized carbons (Fsp3) is 0.467. The molecule has 0 aliphatic heterocycles. The average Bonchev–Trinajstić information content (AvgIpc) is 2.52. The molecule has 0 aliphatic rings. The third-order valence-electron chi connectivity index (χ3n) is 3.14. The number of methoxy groups -OCH3 is 2. The zero-order valence-electron chi connectivity index (χ0n) is 13.5. The molecule has 1 aromatic rings. The Kier molecular flexibility index (Phi) is 6.49. The topological polar surface area (TPSA) is 108 Å². The van der Waals surface area contributed by atoms with Crippen LogP contribution in [0.5, 0.6) is 5.75 Å². The maximum Gasteiger partial charge on any atom is 0.328 e. The number of nitrogens with one attached hydrogen (secondary N) is 1. The number of hydrogen-bond acceptors (Lipinski definition) is 6. The number of carbonyl (C=O) groups excluding carboxylic acids is 2. The lowest BCUT2D eigenvalue weighted by Crippen LogP contribution is -2.42. The van der Waals surface area contributed by atoms with E-state index in [0.717, 1.165) is 6.07 Å². The third kappa shape index (κ3) is 4.94. The number of hydrogen-bond donors (Lipinski definition) is 1. The first-order valence-corrected chi connectivity index (χ1v) is 7.01. The van der Waals surface area contributed by atoms with Gasteiger partial charge in [-0.05, 0) is 24.5 Å². The molecule has 0 heterocycles. The Balaban J connectivity index is 3.01. The number of nitrogens with zero attached hydrogens (tertiary/aromatic N) is 1. The number of nitro groups is 1. The summed E-state index contributed by atoms with van der Waals surface area (Å²) >= 11 is 0. The molecule has 0 bridgehead atoms. The van der Waals surface area contributed by atoms with E-state index in [-0.39, 0.29) is 22.9 Å². The number of ether oxygens (including phenoxy) is 2. The molecule has 1 N–H and O–H groups in total. The van der Waals surface area contributed by atoms with E-state index in [0.29, 0.717) is 6.42 Å². The molecular formula is C15H20N2O6. The van der Waals surface area contributed by atoms with Gasteiger partial charge in [-0.2, -0.15) is 0 Å². The predicted octanol–water partition coefficient (Wildman–Crippen LogP) is 1.92. The Hall–Kier alpha value is -2.64. The van der Waals surface area contributed by atoms with Gasteiger partial charge in [0.25, 0.3) is 5.91 Å². The Labute approximate surface area is 133 Å². The molecule has 126 valence electrons. The second-order valence-corrected chi connectivity index (χ2v) is 5.32. The zero-order valence-corrected chi connectivity index (χ0v) is 13.5. The maximum atomic E-state index is 12.2. The van der Waals surface area contributed by atoms with Gasteiger partial charge in [-0.1, -0.05) is 13.8 Å². The summed E-state index contributed by atoms with van der Waals surface area (Å²) in [4.78, 5) is 34.3. The van der Waals surface area contributed by atoms with E-state index in [1.807, 2.05) is 13.8 Å². The number of rotatable bonds is 7. The van der Waals surface area contributed by atoms with Crippen LogP contribution >= 0.6 is 0 Å². The average molecular weight is 324 g/mol. The molecule has 8 heteroatoms. The van der Waals surface area contributed by atoms with E-state index in [9.17, 15) is 19.7 Å². The Bertz CT molecular complexity index is 600. The summed E-state index contributed by atoms with van der Waals surface area (Å²) in [5.41, 5.74) is -0.256. The van der Waals surface area contributed by atoms with Crippen molar-refractivity contribution in [3.63, 3.8) is 0 Å². The van der Waals surface area contributed by atoms with Crippen molar-refractivity contribution in [3.8, 4) is 5.75 Å². The molecular weight excluding hydrogens is 304 g/mol. The molecule has 0 aliphatic carbocycles. The molecule has 1 amide bonds. The van der Waals surface area contributed by atoms with Crippen LogP contribution in [0.15, 0.2) is 18.2 Å². The quantitative estimate of drug-likeness (QED) is 0.466. The van der Waals surface area contributed by atoms with Gasteiger partial charge < -0.3 is 14.8 Å². The molecule has 0 fully saturated rings. The van der Waals surface area contributed by atoms with Crippen LogP contribution in [0.4, 0.5) is 5.69 Å². The van der Waals surface area contributed by atoms with Gasteiger partial charge in [0.05, 0.1) is 19.1 Å². The second kappa shape index (κ2) is 8.11. The van der Waals surface area contributed by atoms with Crippen LogP contribution in [0.1, 0.15) is 30.6 Å². The fourth-order valence-corrected chi connectivity index (χ4v) is 2.04. The molecule has 0 spiro atoms. The van der Waals surface area contributed by atoms with Crippen molar-refractivity contribution in [2.45, 2.75) is 26.3 Å². The summed E-state index contributed by atoms with van der Waals surface area (Å²) < 4.78 is 9.55. The predicted molar refractivity (Wildman–Crippen MR) is 82.4 cm³/mol. The largest absolute Gasteiger partial charge is 0.490 e. The van der Waals surface area contributed by atoms with Crippen LogP contribution in [0, 0.1) is 16.0 Å². The monoisotopic (exact) mass is 324 g/mol. The number of nitro benzene ring substituents is 1. The Morgan fingerprint density at radius 3 is 2.43 bits per heavy atom. The van der Waals surface area contributed by atoms with Crippen LogP contribution in [-0.2, 0) is 9.53 Å². The van der Waals surface area contributed by atoms with Crippen LogP contribution in [-0.4, -0.2) is 37.1 Å². The first-order valence-electron chi connectivity index (χ1n) is 7.01.